The third-order valence-corrected chi connectivity index (χ3v) is 5.83. The number of piperazine rings is 1. The first-order valence-corrected chi connectivity index (χ1v) is 10.3. The molecule has 3 rings (SSSR count). The molecule has 0 spiro atoms. The summed E-state index contributed by atoms with van der Waals surface area (Å²) < 4.78 is 0. The molecule has 2 saturated heterocycles. The molecule has 7 nitrogen and oxygen atoms in total. The maximum absolute atomic E-state index is 12.2. The van der Waals surface area contributed by atoms with Crippen LogP contribution in [0.25, 0.3) is 0 Å². The van der Waals surface area contributed by atoms with Crippen molar-refractivity contribution < 1.29 is 9.59 Å². The van der Waals surface area contributed by atoms with Gasteiger partial charge in [-0.05, 0) is 19.8 Å². The standard InChI is InChI=1S/C17H24ClN5O2S/c1-12-10-22(7-8-23(12)13(2)24)15-9-14(18)19-17(20-15)26-11-16(25)21-5-3-4-6-21/h9,12H,3-8,10-11H2,1-2H3. The first kappa shape index (κ1) is 19.2. The second-order valence-electron chi connectivity index (χ2n) is 6.72. The monoisotopic (exact) mass is 397 g/mol. The fraction of sp³-hybridized carbons (Fsp3) is 0.647. The molecule has 9 heteroatoms. The highest BCUT2D eigenvalue weighted by molar-refractivity contribution is 7.99. The van der Waals surface area contributed by atoms with Crippen molar-refractivity contribution in [3.63, 3.8) is 0 Å². The van der Waals surface area contributed by atoms with E-state index in [-0.39, 0.29) is 17.9 Å². The van der Waals surface area contributed by atoms with E-state index in [4.69, 9.17) is 11.6 Å². The van der Waals surface area contributed by atoms with Crippen LogP contribution in [0.4, 0.5) is 5.82 Å². The molecule has 1 aromatic rings. The van der Waals surface area contributed by atoms with E-state index in [1.807, 2.05) is 16.7 Å². The van der Waals surface area contributed by atoms with Crippen LogP contribution in [0.5, 0.6) is 0 Å². The molecule has 1 atom stereocenters. The third kappa shape index (κ3) is 4.59. The summed E-state index contributed by atoms with van der Waals surface area (Å²) in [5.74, 6) is 1.29. The van der Waals surface area contributed by atoms with Gasteiger partial charge >= 0.3 is 0 Å². The highest BCUT2D eigenvalue weighted by Gasteiger charge is 2.26. The van der Waals surface area contributed by atoms with Crippen molar-refractivity contribution >= 4 is 41.0 Å². The zero-order valence-corrected chi connectivity index (χ0v) is 16.7. The second-order valence-corrected chi connectivity index (χ2v) is 8.05. The van der Waals surface area contributed by atoms with E-state index in [0.29, 0.717) is 35.7 Å². The van der Waals surface area contributed by atoms with Gasteiger partial charge in [-0.1, -0.05) is 23.4 Å². The summed E-state index contributed by atoms with van der Waals surface area (Å²) in [6, 6.07) is 1.85. The lowest BCUT2D eigenvalue weighted by Gasteiger charge is -2.40. The number of nitrogens with zero attached hydrogens (tertiary/aromatic N) is 5. The summed E-state index contributed by atoms with van der Waals surface area (Å²) in [6.45, 7) is 7.38. The molecular formula is C17H24ClN5O2S. The molecule has 0 N–H and O–H groups in total. The molecule has 26 heavy (non-hydrogen) atoms. The highest BCUT2D eigenvalue weighted by Crippen LogP contribution is 2.24. The number of thioether (sulfide) groups is 1. The Bertz CT molecular complexity index is 683. The number of anilines is 1. The molecule has 2 fully saturated rings. The number of carbonyl (C=O) groups is 2. The fourth-order valence-corrected chi connectivity index (χ4v) is 4.41. The smallest absolute Gasteiger partial charge is 0.233 e. The molecule has 2 aliphatic heterocycles. The van der Waals surface area contributed by atoms with E-state index in [1.54, 1.807) is 13.0 Å². The summed E-state index contributed by atoms with van der Waals surface area (Å²) in [5.41, 5.74) is 0. The maximum atomic E-state index is 12.2. The van der Waals surface area contributed by atoms with Crippen molar-refractivity contribution in [3.05, 3.63) is 11.2 Å². The van der Waals surface area contributed by atoms with E-state index in [1.165, 1.54) is 11.8 Å². The van der Waals surface area contributed by atoms with Crippen LogP contribution in [0.2, 0.25) is 5.15 Å². The predicted octanol–water partition coefficient (Wildman–Crippen LogP) is 1.90. The summed E-state index contributed by atoms with van der Waals surface area (Å²) in [5, 5.41) is 0.884. The second kappa shape index (κ2) is 8.43. The normalized spacial score (nSPS) is 20.6. The lowest BCUT2D eigenvalue weighted by Crippen LogP contribution is -2.53. The zero-order valence-electron chi connectivity index (χ0n) is 15.2. The van der Waals surface area contributed by atoms with Crippen LogP contribution in [0.15, 0.2) is 11.2 Å². The molecule has 1 unspecified atom stereocenters. The zero-order chi connectivity index (χ0) is 18.7. The van der Waals surface area contributed by atoms with Crippen LogP contribution < -0.4 is 4.90 Å². The predicted molar refractivity (Wildman–Crippen MR) is 103 cm³/mol. The first-order chi connectivity index (χ1) is 12.4. The summed E-state index contributed by atoms with van der Waals surface area (Å²) >= 11 is 7.50. The molecule has 0 radical (unpaired) electrons. The first-order valence-electron chi connectivity index (χ1n) is 8.91. The van der Waals surface area contributed by atoms with Crippen molar-refractivity contribution in [1.29, 1.82) is 0 Å². The van der Waals surface area contributed by atoms with Gasteiger partial charge in [0.25, 0.3) is 0 Å². The van der Waals surface area contributed by atoms with Crippen LogP contribution >= 0.6 is 23.4 Å². The molecule has 3 heterocycles. The number of likely N-dealkylation sites (tertiary alicyclic amines) is 1. The lowest BCUT2D eigenvalue weighted by molar-refractivity contribution is -0.131. The summed E-state index contributed by atoms with van der Waals surface area (Å²) in [7, 11) is 0. The van der Waals surface area contributed by atoms with Crippen LogP contribution in [-0.2, 0) is 9.59 Å². The van der Waals surface area contributed by atoms with Crippen molar-refractivity contribution in [2.75, 3.05) is 43.4 Å². The molecule has 0 aromatic carbocycles. The Kier molecular flexibility index (Phi) is 6.24. The van der Waals surface area contributed by atoms with Gasteiger partial charge < -0.3 is 14.7 Å². The number of halogens is 1. The lowest BCUT2D eigenvalue weighted by atomic mass is 10.2. The van der Waals surface area contributed by atoms with Crippen molar-refractivity contribution in [1.82, 2.24) is 19.8 Å². The average molecular weight is 398 g/mol. The Morgan fingerprint density at radius 2 is 1.96 bits per heavy atom. The Hall–Kier alpha value is -1.54. The fourth-order valence-electron chi connectivity index (χ4n) is 3.43. The van der Waals surface area contributed by atoms with Gasteiger partial charge in [0, 0.05) is 51.8 Å². The van der Waals surface area contributed by atoms with Gasteiger partial charge in [-0.25, -0.2) is 9.97 Å². The summed E-state index contributed by atoms with van der Waals surface area (Å²) in [4.78, 5) is 38.5. The van der Waals surface area contributed by atoms with Crippen molar-refractivity contribution in [2.45, 2.75) is 37.9 Å². The molecule has 1 aromatic heterocycles. The van der Waals surface area contributed by atoms with Crippen LogP contribution in [0.1, 0.15) is 26.7 Å². The molecule has 0 aliphatic carbocycles. The molecule has 142 valence electrons. The quantitative estimate of drug-likeness (QED) is 0.439. The Morgan fingerprint density at radius 3 is 2.62 bits per heavy atom. The van der Waals surface area contributed by atoms with E-state index in [2.05, 4.69) is 14.9 Å². The van der Waals surface area contributed by atoms with Crippen molar-refractivity contribution in [3.8, 4) is 0 Å². The van der Waals surface area contributed by atoms with E-state index >= 15 is 0 Å². The highest BCUT2D eigenvalue weighted by atomic mass is 35.5. The van der Waals surface area contributed by atoms with Gasteiger partial charge in [-0.15, -0.1) is 0 Å². The molecule has 0 bridgehead atoms. The molecule has 2 aliphatic rings. The largest absolute Gasteiger partial charge is 0.353 e. The Labute approximate surface area is 163 Å². The average Bonchev–Trinajstić information content (AvgIpc) is 3.13. The molecule has 0 saturated carbocycles. The molecule has 2 amide bonds. The van der Waals surface area contributed by atoms with Gasteiger partial charge in [0.15, 0.2) is 5.16 Å². The third-order valence-electron chi connectivity index (χ3n) is 4.80. The van der Waals surface area contributed by atoms with Gasteiger partial charge in [0.1, 0.15) is 11.0 Å². The van der Waals surface area contributed by atoms with E-state index in [0.717, 1.165) is 31.7 Å². The molecular weight excluding hydrogens is 374 g/mol. The Morgan fingerprint density at radius 1 is 1.23 bits per heavy atom. The van der Waals surface area contributed by atoms with Gasteiger partial charge in [-0.2, -0.15) is 0 Å². The number of amides is 2. The minimum atomic E-state index is 0.0922. The Balaban J connectivity index is 1.64. The van der Waals surface area contributed by atoms with Crippen LogP contribution in [0.3, 0.4) is 0 Å². The van der Waals surface area contributed by atoms with Crippen molar-refractivity contribution in [2.24, 2.45) is 0 Å². The summed E-state index contributed by atoms with van der Waals surface area (Å²) in [6.07, 6.45) is 2.16. The minimum Gasteiger partial charge on any atom is -0.353 e. The number of rotatable bonds is 4. The number of hydrogen-bond donors (Lipinski definition) is 0. The topological polar surface area (TPSA) is 69.6 Å². The van der Waals surface area contributed by atoms with E-state index < -0.39 is 0 Å². The SMILES string of the molecule is CC(=O)N1CCN(c2cc(Cl)nc(SCC(=O)N3CCCC3)n2)CC1C. The maximum Gasteiger partial charge on any atom is 0.233 e. The number of carbonyl (C=O) groups excluding carboxylic acids is 2. The van der Waals surface area contributed by atoms with Crippen LogP contribution in [-0.4, -0.2) is 76.1 Å². The number of aromatic nitrogens is 2. The van der Waals surface area contributed by atoms with E-state index in [9.17, 15) is 9.59 Å². The van der Waals surface area contributed by atoms with Gasteiger partial charge in [0.05, 0.1) is 5.75 Å². The minimum absolute atomic E-state index is 0.0922. The van der Waals surface area contributed by atoms with Gasteiger partial charge in [-0.3, -0.25) is 9.59 Å². The number of hydrogen-bond acceptors (Lipinski definition) is 6. The van der Waals surface area contributed by atoms with Crippen LogP contribution in [0, 0.1) is 0 Å². The van der Waals surface area contributed by atoms with Gasteiger partial charge in [0.2, 0.25) is 11.8 Å².